The monoisotopic (exact) mass is 246 g/mol. The fourth-order valence-electron chi connectivity index (χ4n) is 1.57. The molecule has 3 aromatic rings. The maximum absolute atomic E-state index is 4.24. The number of aromatic amines is 1. The van der Waals surface area contributed by atoms with E-state index in [0.29, 0.717) is 0 Å². The van der Waals surface area contributed by atoms with Crippen LogP contribution in [0.15, 0.2) is 24.1 Å². The Hall–Kier alpha value is -2.02. The summed E-state index contributed by atoms with van der Waals surface area (Å²) in [5.41, 5.74) is 0.979. The maximum Gasteiger partial charge on any atom is 0.147 e. The predicted molar refractivity (Wildman–Crippen MR) is 66.0 cm³/mol. The number of hydrogen-bond acceptors (Lipinski definition) is 6. The van der Waals surface area contributed by atoms with Crippen molar-refractivity contribution in [1.82, 2.24) is 25.1 Å². The summed E-state index contributed by atoms with van der Waals surface area (Å²) in [4.78, 5) is 12.5. The van der Waals surface area contributed by atoms with Crippen molar-refractivity contribution in [2.75, 3.05) is 11.9 Å². The van der Waals surface area contributed by atoms with Gasteiger partial charge in [0.05, 0.1) is 10.2 Å². The molecule has 3 aromatic heterocycles. The Morgan fingerprint density at radius 3 is 3.12 bits per heavy atom. The van der Waals surface area contributed by atoms with Crippen molar-refractivity contribution in [1.29, 1.82) is 0 Å². The van der Waals surface area contributed by atoms with Crippen LogP contribution in [0.4, 0.5) is 5.82 Å². The van der Waals surface area contributed by atoms with Gasteiger partial charge in [-0.15, -0.1) is 11.3 Å². The summed E-state index contributed by atoms with van der Waals surface area (Å²) < 4.78 is 1.09. The van der Waals surface area contributed by atoms with Gasteiger partial charge in [-0.3, -0.25) is 5.10 Å². The van der Waals surface area contributed by atoms with Gasteiger partial charge in [-0.2, -0.15) is 5.10 Å². The minimum absolute atomic E-state index is 0.763. The van der Waals surface area contributed by atoms with Crippen LogP contribution in [0.5, 0.6) is 0 Å². The molecule has 0 amide bonds. The van der Waals surface area contributed by atoms with E-state index in [9.17, 15) is 0 Å². The van der Waals surface area contributed by atoms with E-state index < -0.39 is 0 Å². The Morgan fingerprint density at radius 2 is 2.24 bits per heavy atom. The third kappa shape index (κ3) is 2.09. The van der Waals surface area contributed by atoms with Crippen LogP contribution in [-0.4, -0.2) is 31.7 Å². The zero-order chi connectivity index (χ0) is 11.5. The van der Waals surface area contributed by atoms with E-state index >= 15 is 0 Å². The Kier molecular flexibility index (Phi) is 2.66. The van der Waals surface area contributed by atoms with Gasteiger partial charge in [-0.1, -0.05) is 0 Å². The first-order chi connectivity index (χ1) is 8.43. The summed E-state index contributed by atoms with van der Waals surface area (Å²) in [5.74, 6) is 1.75. The second-order valence-corrected chi connectivity index (χ2v) is 4.38. The number of hydrogen-bond donors (Lipinski definition) is 2. The fourth-order valence-corrected chi connectivity index (χ4v) is 2.38. The van der Waals surface area contributed by atoms with Gasteiger partial charge in [0.2, 0.25) is 0 Å². The highest BCUT2D eigenvalue weighted by Crippen LogP contribution is 2.24. The largest absolute Gasteiger partial charge is 0.368 e. The number of rotatable bonds is 4. The molecule has 0 fully saturated rings. The standard InChI is InChI=1S/C10H10N6S/c1(8-13-6-15-16-8)3-11-10-9-7(2-4-17-9)12-5-14-10/h2,4-6H,1,3H2,(H,11,12,14)(H,13,15,16). The van der Waals surface area contributed by atoms with Crippen molar-refractivity contribution in [2.45, 2.75) is 6.42 Å². The zero-order valence-electron chi connectivity index (χ0n) is 8.92. The number of aromatic nitrogens is 5. The molecule has 0 aliphatic rings. The number of H-pyrrole nitrogens is 1. The van der Waals surface area contributed by atoms with E-state index in [1.54, 1.807) is 17.7 Å². The smallest absolute Gasteiger partial charge is 0.147 e. The van der Waals surface area contributed by atoms with Crippen LogP contribution in [-0.2, 0) is 6.42 Å². The molecule has 3 heterocycles. The second-order valence-electron chi connectivity index (χ2n) is 3.47. The van der Waals surface area contributed by atoms with Crippen LogP contribution in [0.1, 0.15) is 5.82 Å². The second kappa shape index (κ2) is 4.46. The molecule has 0 saturated heterocycles. The summed E-state index contributed by atoms with van der Waals surface area (Å²) >= 11 is 1.64. The van der Waals surface area contributed by atoms with E-state index in [1.165, 1.54) is 6.33 Å². The first-order valence-corrected chi connectivity index (χ1v) is 6.08. The molecule has 0 aliphatic carbocycles. The van der Waals surface area contributed by atoms with Gasteiger partial charge >= 0.3 is 0 Å². The molecule has 0 aliphatic heterocycles. The van der Waals surface area contributed by atoms with Crippen molar-refractivity contribution in [2.24, 2.45) is 0 Å². The van der Waals surface area contributed by atoms with Crippen LogP contribution < -0.4 is 5.32 Å². The third-order valence-corrected chi connectivity index (χ3v) is 3.27. The molecule has 0 aromatic carbocycles. The van der Waals surface area contributed by atoms with Gasteiger partial charge in [-0.05, 0) is 11.4 Å². The fraction of sp³-hybridized carbons (Fsp3) is 0.200. The highest BCUT2D eigenvalue weighted by atomic mass is 32.1. The number of thiophene rings is 1. The molecular formula is C10H10N6S. The number of anilines is 1. The molecule has 0 unspecified atom stereocenters. The summed E-state index contributed by atoms with van der Waals surface area (Å²) in [6, 6.07) is 1.99. The lowest BCUT2D eigenvalue weighted by Gasteiger charge is -2.04. The average Bonchev–Trinajstić information content (AvgIpc) is 2.99. The maximum atomic E-state index is 4.24. The van der Waals surface area contributed by atoms with Crippen LogP contribution in [0.2, 0.25) is 0 Å². The van der Waals surface area contributed by atoms with Crippen LogP contribution in [0.3, 0.4) is 0 Å². The minimum Gasteiger partial charge on any atom is -0.368 e. The average molecular weight is 246 g/mol. The SMILES string of the molecule is c1n[nH]c(CCNc2ncnc3ccsc23)n1. The molecule has 2 N–H and O–H groups in total. The highest BCUT2D eigenvalue weighted by molar-refractivity contribution is 7.17. The van der Waals surface area contributed by atoms with Crippen LogP contribution in [0, 0.1) is 0 Å². The van der Waals surface area contributed by atoms with Gasteiger partial charge in [0.1, 0.15) is 24.3 Å². The van der Waals surface area contributed by atoms with Crippen LogP contribution in [0.25, 0.3) is 10.2 Å². The Morgan fingerprint density at radius 1 is 1.24 bits per heavy atom. The zero-order valence-corrected chi connectivity index (χ0v) is 9.74. The molecule has 86 valence electrons. The van der Waals surface area contributed by atoms with Gasteiger partial charge < -0.3 is 5.32 Å². The lowest BCUT2D eigenvalue weighted by molar-refractivity contribution is 0.898. The molecule has 0 saturated carbocycles. The summed E-state index contributed by atoms with van der Waals surface area (Å²) in [5, 5.41) is 11.9. The molecule has 17 heavy (non-hydrogen) atoms. The van der Waals surface area contributed by atoms with E-state index in [0.717, 1.165) is 34.8 Å². The molecule has 0 spiro atoms. The molecule has 3 rings (SSSR count). The molecule has 6 nitrogen and oxygen atoms in total. The summed E-state index contributed by atoms with van der Waals surface area (Å²) in [6.07, 6.45) is 3.88. The molecular weight excluding hydrogens is 236 g/mol. The van der Waals surface area contributed by atoms with Crippen molar-refractivity contribution in [3.63, 3.8) is 0 Å². The van der Waals surface area contributed by atoms with Gasteiger partial charge in [-0.25, -0.2) is 15.0 Å². The van der Waals surface area contributed by atoms with Crippen molar-refractivity contribution in [3.8, 4) is 0 Å². The predicted octanol–water partition coefficient (Wildman–Crippen LogP) is 1.46. The third-order valence-electron chi connectivity index (χ3n) is 2.36. The lowest BCUT2D eigenvalue weighted by atomic mass is 10.4. The first-order valence-electron chi connectivity index (χ1n) is 5.20. The summed E-state index contributed by atoms with van der Waals surface area (Å²) in [6.45, 7) is 0.763. The lowest BCUT2D eigenvalue weighted by Crippen LogP contribution is -2.07. The van der Waals surface area contributed by atoms with E-state index in [1.807, 2.05) is 11.4 Å². The normalized spacial score (nSPS) is 10.8. The quantitative estimate of drug-likeness (QED) is 0.728. The van der Waals surface area contributed by atoms with Crippen molar-refractivity contribution in [3.05, 3.63) is 29.9 Å². The van der Waals surface area contributed by atoms with Crippen molar-refractivity contribution < 1.29 is 0 Å². The Labute approximate surface area is 101 Å². The van der Waals surface area contributed by atoms with E-state index in [4.69, 9.17) is 0 Å². The minimum atomic E-state index is 0.763. The van der Waals surface area contributed by atoms with Gasteiger partial charge in [0, 0.05) is 13.0 Å². The van der Waals surface area contributed by atoms with Gasteiger partial charge in [0.15, 0.2) is 0 Å². The van der Waals surface area contributed by atoms with E-state index in [2.05, 4.69) is 30.5 Å². The molecule has 0 atom stereocenters. The molecule has 0 radical (unpaired) electrons. The number of nitrogens with one attached hydrogen (secondary N) is 2. The Balaban J connectivity index is 1.70. The van der Waals surface area contributed by atoms with Crippen molar-refractivity contribution >= 4 is 27.4 Å². The Bertz CT molecular complexity index is 602. The number of nitrogens with zero attached hydrogens (tertiary/aromatic N) is 4. The first kappa shape index (κ1) is 10.2. The molecule has 7 heteroatoms. The number of fused-ring (bicyclic) bond motifs is 1. The topological polar surface area (TPSA) is 79.4 Å². The van der Waals surface area contributed by atoms with E-state index in [-0.39, 0.29) is 0 Å². The molecule has 0 bridgehead atoms. The summed E-state index contributed by atoms with van der Waals surface area (Å²) in [7, 11) is 0. The highest BCUT2D eigenvalue weighted by Gasteiger charge is 2.04. The van der Waals surface area contributed by atoms with Crippen LogP contribution >= 0.6 is 11.3 Å². The van der Waals surface area contributed by atoms with Gasteiger partial charge in [0.25, 0.3) is 0 Å².